The van der Waals surface area contributed by atoms with Gasteiger partial charge in [-0.25, -0.2) is 4.98 Å². The highest BCUT2D eigenvalue weighted by Gasteiger charge is 2.23. The fourth-order valence-electron chi connectivity index (χ4n) is 3.09. The Morgan fingerprint density at radius 1 is 1.19 bits per heavy atom. The van der Waals surface area contributed by atoms with Gasteiger partial charge < -0.3 is 9.80 Å². The van der Waals surface area contributed by atoms with Crippen molar-refractivity contribution in [1.29, 1.82) is 0 Å². The minimum absolute atomic E-state index is 0.111. The van der Waals surface area contributed by atoms with Crippen LogP contribution in [0.3, 0.4) is 0 Å². The van der Waals surface area contributed by atoms with Crippen molar-refractivity contribution in [3.8, 4) is 0 Å². The van der Waals surface area contributed by atoms with E-state index in [1.807, 2.05) is 24.3 Å². The molecule has 4 rings (SSSR count). The lowest BCUT2D eigenvalue weighted by molar-refractivity contribution is -0.115. The summed E-state index contributed by atoms with van der Waals surface area (Å²) in [4.78, 5) is 29.5. The number of halogens is 1. The second-order valence-electron chi connectivity index (χ2n) is 6.28. The van der Waals surface area contributed by atoms with E-state index in [0.29, 0.717) is 12.5 Å². The molecule has 140 valence electrons. The van der Waals surface area contributed by atoms with Gasteiger partial charge in [-0.05, 0) is 24.3 Å². The average Bonchev–Trinajstić information content (AvgIpc) is 3.23. The number of amides is 1. The minimum Gasteiger partial charge on any atom is -0.368 e. The Hall–Kier alpha value is -2.32. The molecule has 0 aliphatic carbocycles. The molecule has 1 N–H and O–H groups in total. The highest BCUT2D eigenvalue weighted by Crippen LogP contribution is 2.23. The Labute approximate surface area is 166 Å². The molecule has 1 saturated heterocycles. The maximum absolute atomic E-state index is 12.2. The zero-order valence-corrected chi connectivity index (χ0v) is 16.2. The summed E-state index contributed by atoms with van der Waals surface area (Å²) in [6, 6.07) is 9.79. The number of nitrogens with one attached hydrogen (secondary N) is 1. The molecular weight excluding hydrogens is 384 g/mol. The van der Waals surface area contributed by atoms with Gasteiger partial charge in [0.25, 0.3) is 0 Å². The van der Waals surface area contributed by atoms with Crippen molar-refractivity contribution >= 4 is 52.3 Å². The summed E-state index contributed by atoms with van der Waals surface area (Å²) in [5.41, 5.74) is 2.84. The van der Waals surface area contributed by atoms with Crippen molar-refractivity contribution < 1.29 is 4.79 Å². The molecule has 0 spiro atoms. The van der Waals surface area contributed by atoms with Gasteiger partial charge in [-0.1, -0.05) is 29.4 Å². The first-order valence-corrected chi connectivity index (χ1v) is 10.0. The third-order valence-corrected chi connectivity index (χ3v) is 5.71. The van der Waals surface area contributed by atoms with Crippen molar-refractivity contribution in [2.24, 2.45) is 4.99 Å². The average molecular weight is 403 g/mol. The van der Waals surface area contributed by atoms with Crippen LogP contribution in [-0.4, -0.2) is 59.4 Å². The number of hydrogen-bond donors (Lipinski definition) is 1. The molecule has 0 radical (unpaired) electrons. The minimum atomic E-state index is -0.196. The van der Waals surface area contributed by atoms with E-state index >= 15 is 0 Å². The monoisotopic (exact) mass is 402 g/mol. The van der Waals surface area contributed by atoms with Crippen LogP contribution in [0.4, 0.5) is 17.5 Å². The summed E-state index contributed by atoms with van der Waals surface area (Å²) < 4.78 is 0. The van der Waals surface area contributed by atoms with Crippen LogP contribution < -0.4 is 15.1 Å². The van der Waals surface area contributed by atoms with Gasteiger partial charge in [0.1, 0.15) is 11.1 Å². The second kappa shape index (κ2) is 8.14. The summed E-state index contributed by atoms with van der Waals surface area (Å²) in [5, 5.41) is 3.34. The van der Waals surface area contributed by atoms with E-state index in [1.54, 1.807) is 11.7 Å². The molecule has 3 heterocycles. The lowest BCUT2D eigenvalue weighted by atomic mass is 10.2. The van der Waals surface area contributed by atoms with Gasteiger partial charge in [-0.15, -0.1) is 0 Å². The van der Waals surface area contributed by atoms with Crippen LogP contribution in [0.5, 0.6) is 0 Å². The Kier molecular flexibility index (Phi) is 5.45. The molecule has 7 nitrogen and oxygen atoms in total. The Morgan fingerprint density at radius 3 is 2.74 bits per heavy atom. The topological polar surface area (TPSA) is 73.7 Å². The first-order chi connectivity index (χ1) is 13.2. The second-order valence-corrected chi connectivity index (χ2v) is 7.77. The number of carbonyl (C=O) groups excluding carboxylic acids is 1. The van der Waals surface area contributed by atoms with Crippen LogP contribution in [-0.2, 0) is 4.79 Å². The van der Waals surface area contributed by atoms with Gasteiger partial charge in [-0.2, -0.15) is 4.98 Å². The molecule has 1 amide bonds. The molecular formula is C18H19ClN6OS. The number of thioether (sulfide) groups is 1. The molecule has 1 fully saturated rings. The van der Waals surface area contributed by atoms with E-state index < -0.39 is 0 Å². The fourth-order valence-corrected chi connectivity index (χ4v) is 3.94. The van der Waals surface area contributed by atoms with Gasteiger partial charge in [0, 0.05) is 43.1 Å². The van der Waals surface area contributed by atoms with E-state index in [4.69, 9.17) is 11.6 Å². The maximum atomic E-state index is 12.2. The van der Waals surface area contributed by atoms with Gasteiger partial charge >= 0.3 is 0 Å². The van der Waals surface area contributed by atoms with E-state index in [0.717, 1.165) is 42.7 Å². The van der Waals surface area contributed by atoms with Gasteiger partial charge in [0.05, 0.1) is 12.1 Å². The quantitative estimate of drug-likeness (QED) is 0.847. The van der Waals surface area contributed by atoms with E-state index in [9.17, 15) is 4.79 Å². The molecule has 1 atom stereocenters. The Balaban J connectivity index is 1.37. The predicted octanol–water partition coefficient (Wildman–Crippen LogP) is 2.54. The standard InChI is InChI=1S/C18H19ClN6OS/c19-13-2-1-3-14(10-13)24-6-8-25(9-7-24)16-4-5-21-18(22-16)23-17(26)15-11-20-12-27-15/h1-5,10,12,15H,6-9,11H2,(H,21,22,23,26). The molecule has 27 heavy (non-hydrogen) atoms. The smallest absolute Gasteiger partial charge is 0.242 e. The van der Waals surface area contributed by atoms with E-state index in [2.05, 4.69) is 36.1 Å². The van der Waals surface area contributed by atoms with Crippen LogP contribution in [0, 0.1) is 0 Å². The first kappa shape index (κ1) is 18.1. The molecule has 9 heteroatoms. The number of carbonyl (C=O) groups is 1. The van der Waals surface area contributed by atoms with Gasteiger partial charge in [-0.3, -0.25) is 15.1 Å². The van der Waals surface area contributed by atoms with Crippen molar-refractivity contribution in [3.05, 3.63) is 41.6 Å². The zero-order valence-electron chi connectivity index (χ0n) is 14.6. The van der Waals surface area contributed by atoms with Crippen molar-refractivity contribution in [2.75, 3.05) is 47.8 Å². The number of benzene rings is 1. The largest absolute Gasteiger partial charge is 0.368 e. The third kappa shape index (κ3) is 4.33. The van der Waals surface area contributed by atoms with Gasteiger partial charge in [0.15, 0.2) is 0 Å². The SMILES string of the molecule is O=C(Nc1nccc(N2CCN(c3cccc(Cl)c3)CC2)n1)C1CN=CS1. The lowest BCUT2D eigenvalue weighted by Crippen LogP contribution is -2.46. The fraction of sp³-hybridized carbons (Fsp3) is 0.333. The molecule has 2 aliphatic rings. The van der Waals surface area contributed by atoms with Crippen LogP contribution >= 0.6 is 23.4 Å². The molecule has 1 aromatic heterocycles. The molecule has 0 bridgehead atoms. The van der Waals surface area contributed by atoms with Crippen LogP contribution in [0.15, 0.2) is 41.5 Å². The Morgan fingerprint density at radius 2 is 2.00 bits per heavy atom. The molecule has 2 aliphatic heterocycles. The summed E-state index contributed by atoms with van der Waals surface area (Å²) in [5.74, 6) is 1.05. The summed E-state index contributed by atoms with van der Waals surface area (Å²) in [6.45, 7) is 3.93. The van der Waals surface area contributed by atoms with Gasteiger partial charge in [0.2, 0.25) is 11.9 Å². The van der Waals surface area contributed by atoms with E-state index in [-0.39, 0.29) is 11.2 Å². The number of aromatic nitrogens is 2. The normalized spacial score (nSPS) is 19.4. The molecule has 1 aromatic carbocycles. The van der Waals surface area contributed by atoms with E-state index in [1.165, 1.54) is 11.8 Å². The number of anilines is 3. The highest BCUT2D eigenvalue weighted by atomic mass is 35.5. The zero-order chi connectivity index (χ0) is 18.6. The molecule has 0 saturated carbocycles. The lowest BCUT2D eigenvalue weighted by Gasteiger charge is -2.36. The van der Waals surface area contributed by atoms with Crippen molar-refractivity contribution in [3.63, 3.8) is 0 Å². The van der Waals surface area contributed by atoms with Crippen LogP contribution in [0.2, 0.25) is 5.02 Å². The van der Waals surface area contributed by atoms with Crippen molar-refractivity contribution in [2.45, 2.75) is 5.25 Å². The predicted molar refractivity (Wildman–Crippen MR) is 111 cm³/mol. The third-order valence-electron chi connectivity index (χ3n) is 4.52. The first-order valence-electron chi connectivity index (χ1n) is 8.72. The number of nitrogens with zero attached hydrogens (tertiary/aromatic N) is 5. The number of aliphatic imine (C=N–C) groups is 1. The van der Waals surface area contributed by atoms with Crippen molar-refractivity contribution in [1.82, 2.24) is 9.97 Å². The number of piperazine rings is 1. The maximum Gasteiger partial charge on any atom is 0.242 e. The Bertz CT molecular complexity index is 847. The summed E-state index contributed by atoms with van der Waals surface area (Å²) >= 11 is 7.51. The van der Waals surface area contributed by atoms with Crippen LogP contribution in [0.25, 0.3) is 0 Å². The highest BCUT2D eigenvalue weighted by molar-refractivity contribution is 8.13. The number of hydrogen-bond acceptors (Lipinski definition) is 7. The molecule has 2 aromatic rings. The van der Waals surface area contributed by atoms with Crippen LogP contribution in [0.1, 0.15) is 0 Å². The summed E-state index contributed by atoms with van der Waals surface area (Å²) in [6.07, 6.45) is 1.68. The number of rotatable bonds is 4. The summed E-state index contributed by atoms with van der Waals surface area (Å²) in [7, 11) is 0. The molecule has 1 unspecified atom stereocenters.